The molecule has 1 aliphatic heterocycles. The van der Waals surface area contributed by atoms with Crippen LogP contribution in [-0.4, -0.2) is 22.6 Å². The molecule has 128 valence electrons. The Balaban J connectivity index is 2.26. The number of sulfone groups is 1. The fourth-order valence-corrected chi connectivity index (χ4v) is 3.84. The predicted octanol–water partition coefficient (Wildman–Crippen LogP) is 3.13. The number of rotatable bonds is 3. The van der Waals surface area contributed by atoms with Gasteiger partial charge in [-0.15, -0.1) is 0 Å². The summed E-state index contributed by atoms with van der Waals surface area (Å²) in [5, 5.41) is 9.21. The summed E-state index contributed by atoms with van der Waals surface area (Å²) in [7, 11) is -1.03. The van der Waals surface area contributed by atoms with Crippen molar-refractivity contribution in [2.45, 2.75) is 4.90 Å². The number of hydrogen-bond donors (Lipinski definition) is 0. The SMILES string of the molecule is COc1ccc(N2C=C(C#N)S(=O)(=O)c3ccc(F)cc32)cc1OC. The van der Waals surface area contributed by atoms with Crippen LogP contribution in [0.3, 0.4) is 0 Å². The summed E-state index contributed by atoms with van der Waals surface area (Å²) in [5.74, 6) is 0.311. The molecule has 2 aromatic carbocycles. The minimum Gasteiger partial charge on any atom is -0.493 e. The Morgan fingerprint density at radius 3 is 2.44 bits per heavy atom. The Hall–Kier alpha value is -3.05. The average molecular weight is 360 g/mol. The number of halogens is 1. The van der Waals surface area contributed by atoms with Crippen LogP contribution in [0.15, 0.2) is 52.4 Å². The van der Waals surface area contributed by atoms with Gasteiger partial charge in [0.25, 0.3) is 0 Å². The number of anilines is 2. The molecule has 0 saturated heterocycles. The molecule has 3 rings (SSSR count). The first-order chi connectivity index (χ1) is 11.9. The maximum absolute atomic E-state index is 13.7. The molecule has 6 nitrogen and oxygen atoms in total. The highest BCUT2D eigenvalue weighted by atomic mass is 32.2. The third kappa shape index (κ3) is 2.68. The van der Waals surface area contributed by atoms with Crippen molar-refractivity contribution in [2.75, 3.05) is 19.1 Å². The van der Waals surface area contributed by atoms with Gasteiger partial charge in [-0.3, -0.25) is 0 Å². The third-order valence-electron chi connectivity index (χ3n) is 3.76. The van der Waals surface area contributed by atoms with E-state index in [1.165, 1.54) is 25.3 Å². The van der Waals surface area contributed by atoms with E-state index in [2.05, 4.69) is 0 Å². The summed E-state index contributed by atoms with van der Waals surface area (Å²) in [4.78, 5) is 0.865. The molecule has 0 aliphatic carbocycles. The van der Waals surface area contributed by atoms with Gasteiger partial charge in [-0.05, 0) is 30.3 Å². The molecule has 1 heterocycles. The lowest BCUT2D eigenvalue weighted by Gasteiger charge is -2.28. The Bertz CT molecular complexity index is 1030. The molecule has 8 heteroatoms. The van der Waals surface area contributed by atoms with Gasteiger partial charge < -0.3 is 14.4 Å². The first-order valence-corrected chi connectivity index (χ1v) is 8.58. The lowest BCUT2D eigenvalue weighted by atomic mass is 10.2. The number of allylic oxidation sites excluding steroid dienone is 1. The lowest BCUT2D eigenvalue weighted by molar-refractivity contribution is 0.355. The van der Waals surface area contributed by atoms with Crippen LogP contribution in [0.1, 0.15) is 0 Å². The molecular formula is C17H13FN2O4S. The predicted molar refractivity (Wildman–Crippen MR) is 89.0 cm³/mol. The molecule has 2 aromatic rings. The molecule has 0 saturated carbocycles. The normalized spacial score (nSPS) is 15.0. The van der Waals surface area contributed by atoms with E-state index in [9.17, 15) is 18.1 Å². The van der Waals surface area contributed by atoms with Crippen molar-refractivity contribution in [3.63, 3.8) is 0 Å². The Labute approximate surface area is 144 Å². The summed E-state index contributed by atoms with van der Waals surface area (Å²) in [6.45, 7) is 0. The first-order valence-electron chi connectivity index (χ1n) is 7.10. The zero-order valence-electron chi connectivity index (χ0n) is 13.4. The number of hydrogen-bond acceptors (Lipinski definition) is 6. The second kappa shape index (κ2) is 6.11. The van der Waals surface area contributed by atoms with E-state index in [4.69, 9.17) is 9.47 Å². The first kappa shape index (κ1) is 16.8. The van der Waals surface area contributed by atoms with Gasteiger partial charge in [-0.25, -0.2) is 12.8 Å². The van der Waals surface area contributed by atoms with Crippen LogP contribution in [0.25, 0.3) is 0 Å². The highest BCUT2D eigenvalue weighted by Gasteiger charge is 2.32. The number of methoxy groups -OCH3 is 2. The number of nitriles is 1. The van der Waals surface area contributed by atoms with Crippen LogP contribution in [-0.2, 0) is 9.84 Å². The highest BCUT2D eigenvalue weighted by molar-refractivity contribution is 7.95. The maximum Gasteiger partial charge on any atom is 0.220 e. The monoisotopic (exact) mass is 360 g/mol. The molecule has 0 spiro atoms. The molecule has 0 radical (unpaired) electrons. The molecular weight excluding hydrogens is 347 g/mol. The standard InChI is InChI=1S/C17H13FN2O4S/c1-23-15-5-4-12(8-16(15)24-2)20-10-13(9-19)25(21,22)17-6-3-11(18)7-14(17)20/h3-8,10H,1-2H3. The molecule has 0 fully saturated rings. The van der Waals surface area contributed by atoms with E-state index >= 15 is 0 Å². The van der Waals surface area contributed by atoms with Gasteiger partial charge in [0.05, 0.1) is 24.8 Å². The van der Waals surface area contributed by atoms with Crippen molar-refractivity contribution < 1.29 is 22.3 Å². The minimum absolute atomic E-state index is 0.117. The summed E-state index contributed by atoms with van der Waals surface area (Å²) in [6, 6.07) is 9.88. The largest absolute Gasteiger partial charge is 0.493 e. The van der Waals surface area contributed by atoms with Gasteiger partial charge >= 0.3 is 0 Å². The Morgan fingerprint density at radius 1 is 1.08 bits per heavy atom. The number of ether oxygens (including phenoxy) is 2. The van der Waals surface area contributed by atoms with E-state index in [1.54, 1.807) is 24.3 Å². The molecule has 0 atom stereocenters. The van der Waals surface area contributed by atoms with Gasteiger partial charge in [-0.1, -0.05) is 0 Å². The minimum atomic E-state index is -3.98. The van der Waals surface area contributed by atoms with E-state index in [0.717, 1.165) is 18.2 Å². The lowest BCUT2D eigenvalue weighted by Crippen LogP contribution is -2.21. The van der Waals surface area contributed by atoms with Crippen molar-refractivity contribution in [1.82, 2.24) is 0 Å². The van der Waals surface area contributed by atoms with Crippen LogP contribution >= 0.6 is 0 Å². The van der Waals surface area contributed by atoms with E-state index < -0.39 is 20.6 Å². The molecule has 0 N–H and O–H groups in total. The Morgan fingerprint density at radius 2 is 1.80 bits per heavy atom. The van der Waals surface area contributed by atoms with Crippen LogP contribution in [0.2, 0.25) is 0 Å². The summed E-state index contributed by atoms with van der Waals surface area (Å²) in [6.07, 6.45) is 1.17. The topological polar surface area (TPSA) is 79.6 Å². The number of fused-ring (bicyclic) bond motifs is 1. The van der Waals surface area contributed by atoms with Crippen molar-refractivity contribution in [1.29, 1.82) is 5.26 Å². The molecule has 0 amide bonds. The Kier molecular flexibility index (Phi) is 4.10. The second-order valence-corrected chi connectivity index (χ2v) is 7.02. The van der Waals surface area contributed by atoms with E-state index in [-0.39, 0.29) is 10.6 Å². The quantitative estimate of drug-likeness (QED) is 0.783. The number of nitrogens with zero attached hydrogens (tertiary/aromatic N) is 2. The smallest absolute Gasteiger partial charge is 0.220 e. The van der Waals surface area contributed by atoms with Crippen LogP contribution < -0.4 is 14.4 Å². The second-order valence-electron chi connectivity index (χ2n) is 5.13. The average Bonchev–Trinajstić information content (AvgIpc) is 2.61. The van der Waals surface area contributed by atoms with Gasteiger partial charge in [0.15, 0.2) is 16.4 Å². The van der Waals surface area contributed by atoms with E-state index in [1.807, 2.05) is 0 Å². The van der Waals surface area contributed by atoms with Gasteiger partial charge in [0.2, 0.25) is 9.84 Å². The van der Waals surface area contributed by atoms with Crippen molar-refractivity contribution in [2.24, 2.45) is 0 Å². The van der Waals surface area contributed by atoms with Gasteiger partial charge in [0, 0.05) is 18.0 Å². The van der Waals surface area contributed by atoms with Gasteiger partial charge in [-0.2, -0.15) is 5.26 Å². The van der Waals surface area contributed by atoms with E-state index in [0.29, 0.717) is 17.2 Å². The summed E-state index contributed by atoms with van der Waals surface area (Å²) < 4.78 is 49.1. The summed E-state index contributed by atoms with van der Waals surface area (Å²) in [5.41, 5.74) is 0.610. The highest BCUT2D eigenvalue weighted by Crippen LogP contribution is 2.41. The molecule has 25 heavy (non-hydrogen) atoms. The summed E-state index contributed by atoms with van der Waals surface area (Å²) >= 11 is 0. The molecule has 0 aromatic heterocycles. The molecule has 0 unspecified atom stereocenters. The zero-order valence-corrected chi connectivity index (χ0v) is 14.2. The zero-order chi connectivity index (χ0) is 18.2. The van der Waals surface area contributed by atoms with Crippen molar-refractivity contribution in [3.05, 3.63) is 53.3 Å². The molecule has 0 bridgehead atoms. The van der Waals surface area contributed by atoms with Crippen LogP contribution in [0.4, 0.5) is 15.8 Å². The van der Waals surface area contributed by atoms with Gasteiger partial charge in [0.1, 0.15) is 11.9 Å². The number of benzene rings is 2. The van der Waals surface area contributed by atoms with Crippen molar-refractivity contribution in [3.8, 4) is 17.6 Å². The fourth-order valence-electron chi connectivity index (χ4n) is 2.56. The third-order valence-corrected chi connectivity index (χ3v) is 5.46. The molecule has 1 aliphatic rings. The van der Waals surface area contributed by atoms with Crippen molar-refractivity contribution >= 4 is 21.2 Å². The van der Waals surface area contributed by atoms with Crippen LogP contribution in [0, 0.1) is 17.1 Å². The van der Waals surface area contributed by atoms with Crippen LogP contribution in [0.5, 0.6) is 11.5 Å². The fraction of sp³-hybridized carbons (Fsp3) is 0.118. The maximum atomic E-state index is 13.7.